The molecule has 27 heavy (non-hydrogen) atoms. The molecule has 0 aliphatic heterocycles. The molecule has 0 fully saturated rings. The molecule has 0 unspecified atom stereocenters. The largest absolute Gasteiger partial charge is 0.497 e. The Morgan fingerprint density at radius 2 is 2.00 bits per heavy atom. The van der Waals surface area contributed by atoms with Crippen LogP contribution < -0.4 is 15.7 Å². The van der Waals surface area contributed by atoms with Crippen LogP contribution in [0.25, 0.3) is 21.2 Å². The van der Waals surface area contributed by atoms with Crippen LogP contribution in [0, 0.1) is 13.8 Å². The topological polar surface area (TPSA) is 81.4 Å². The minimum atomic E-state index is -0.600. The van der Waals surface area contributed by atoms with Crippen molar-refractivity contribution in [3.05, 3.63) is 63.5 Å². The summed E-state index contributed by atoms with van der Waals surface area (Å²) in [6, 6.07) is 10.2. The Morgan fingerprint density at radius 3 is 2.78 bits per heavy atom. The fourth-order valence-corrected chi connectivity index (χ4v) is 3.82. The number of anilines is 1. The average molecular weight is 380 g/mol. The quantitative estimate of drug-likeness (QED) is 0.537. The van der Waals surface area contributed by atoms with Gasteiger partial charge in [0.2, 0.25) is 0 Å². The number of ether oxygens (including phenoxy) is 1. The maximum atomic E-state index is 12.8. The number of amides is 1. The van der Waals surface area contributed by atoms with E-state index in [0.717, 1.165) is 21.3 Å². The van der Waals surface area contributed by atoms with Crippen molar-refractivity contribution < 1.29 is 13.9 Å². The van der Waals surface area contributed by atoms with Crippen LogP contribution in [0.4, 0.5) is 5.13 Å². The zero-order valence-electron chi connectivity index (χ0n) is 15.0. The second kappa shape index (κ2) is 6.51. The third-order valence-corrected chi connectivity index (χ3v) is 5.44. The van der Waals surface area contributed by atoms with Gasteiger partial charge in [-0.3, -0.25) is 10.1 Å². The van der Waals surface area contributed by atoms with Crippen LogP contribution in [0.15, 0.2) is 45.6 Å². The van der Waals surface area contributed by atoms with Gasteiger partial charge in [0.05, 0.1) is 22.9 Å². The summed E-state index contributed by atoms with van der Waals surface area (Å²) in [6.07, 6.45) is 0. The molecule has 2 aromatic carbocycles. The Balaban J connectivity index is 1.75. The second-order valence-corrected chi connectivity index (χ2v) is 7.20. The average Bonchev–Trinajstić information content (AvgIpc) is 3.06. The lowest BCUT2D eigenvalue weighted by Gasteiger charge is -2.06. The van der Waals surface area contributed by atoms with Gasteiger partial charge in [-0.2, -0.15) is 0 Å². The number of nitrogens with one attached hydrogen (secondary N) is 1. The summed E-state index contributed by atoms with van der Waals surface area (Å²) in [5.74, 6) is 0.131. The molecule has 0 saturated heterocycles. The summed E-state index contributed by atoms with van der Waals surface area (Å²) < 4.78 is 11.3. The van der Waals surface area contributed by atoms with E-state index in [0.29, 0.717) is 21.9 Å². The van der Waals surface area contributed by atoms with E-state index < -0.39 is 11.5 Å². The number of aryl methyl sites for hydroxylation is 2. The summed E-state index contributed by atoms with van der Waals surface area (Å²) in [5, 5.41) is 3.81. The highest BCUT2D eigenvalue weighted by molar-refractivity contribution is 7.22. The monoisotopic (exact) mass is 380 g/mol. The molecular formula is C20H16N2O4S. The predicted octanol–water partition coefficient (Wildman–Crippen LogP) is 4.28. The van der Waals surface area contributed by atoms with E-state index in [2.05, 4.69) is 10.3 Å². The van der Waals surface area contributed by atoms with Crippen LogP contribution in [0.1, 0.15) is 21.5 Å². The molecule has 4 rings (SSSR count). The molecule has 7 heteroatoms. The van der Waals surface area contributed by atoms with Gasteiger partial charge >= 0.3 is 5.63 Å². The lowest BCUT2D eigenvalue weighted by molar-refractivity contribution is 0.102. The molecule has 136 valence electrons. The number of aromatic nitrogens is 1. The molecule has 0 bridgehead atoms. The Bertz CT molecular complexity index is 1260. The number of nitrogens with zero attached hydrogens (tertiary/aromatic N) is 1. The molecule has 4 aromatic rings. The fourth-order valence-electron chi connectivity index (χ4n) is 2.90. The highest BCUT2D eigenvalue weighted by Crippen LogP contribution is 2.30. The first kappa shape index (κ1) is 17.2. The van der Waals surface area contributed by atoms with Crippen molar-refractivity contribution in [3.63, 3.8) is 0 Å². The Hall–Kier alpha value is -3.19. The van der Waals surface area contributed by atoms with Crippen LogP contribution in [-0.4, -0.2) is 18.0 Å². The molecule has 1 N–H and O–H groups in total. The van der Waals surface area contributed by atoms with E-state index in [1.165, 1.54) is 24.5 Å². The molecule has 0 aliphatic carbocycles. The molecule has 0 aliphatic rings. The van der Waals surface area contributed by atoms with Crippen molar-refractivity contribution in [1.29, 1.82) is 0 Å². The predicted molar refractivity (Wildman–Crippen MR) is 106 cm³/mol. The number of hydrogen-bond donors (Lipinski definition) is 1. The van der Waals surface area contributed by atoms with Crippen molar-refractivity contribution in [3.8, 4) is 5.75 Å². The normalized spacial score (nSPS) is 11.1. The third-order valence-electron chi connectivity index (χ3n) is 4.50. The van der Waals surface area contributed by atoms with Gasteiger partial charge in [-0.1, -0.05) is 17.4 Å². The molecule has 6 nitrogen and oxygen atoms in total. The standard InChI is InChI=1S/C20H16N2O4S/c1-10-4-7-16-18(11(10)2)21-20(27-16)22-19(24)14-9-17(23)26-15-8-12(25-3)5-6-13(14)15/h4-9H,1-3H3,(H,21,22,24). The molecule has 2 aromatic heterocycles. The van der Waals surface area contributed by atoms with E-state index in [1.54, 1.807) is 18.2 Å². The van der Waals surface area contributed by atoms with E-state index >= 15 is 0 Å². The number of carbonyl (C=O) groups excluding carboxylic acids is 1. The first-order valence-electron chi connectivity index (χ1n) is 8.26. The second-order valence-electron chi connectivity index (χ2n) is 6.17. The summed E-state index contributed by atoms with van der Waals surface area (Å²) in [5.41, 5.74) is 3.03. The number of fused-ring (bicyclic) bond motifs is 2. The highest BCUT2D eigenvalue weighted by atomic mass is 32.1. The molecule has 1 amide bonds. The molecule has 0 spiro atoms. The molecule has 0 atom stereocenters. The van der Waals surface area contributed by atoms with E-state index in [4.69, 9.17) is 9.15 Å². The minimum absolute atomic E-state index is 0.232. The fraction of sp³-hybridized carbons (Fsp3) is 0.150. The molecule has 0 radical (unpaired) electrons. The summed E-state index contributed by atoms with van der Waals surface area (Å²) in [7, 11) is 1.52. The minimum Gasteiger partial charge on any atom is -0.497 e. The van der Waals surface area contributed by atoms with E-state index in [9.17, 15) is 9.59 Å². The van der Waals surface area contributed by atoms with Crippen LogP contribution in [0.3, 0.4) is 0 Å². The van der Waals surface area contributed by atoms with Gasteiger partial charge in [0.15, 0.2) is 5.13 Å². The van der Waals surface area contributed by atoms with Crippen molar-refractivity contribution in [1.82, 2.24) is 4.98 Å². The van der Waals surface area contributed by atoms with E-state index in [1.807, 2.05) is 26.0 Å². The van der Waals surface area contributed by atoms with Gasteiger partial charge in [-0.15, -0.1) is 0 Å². The number of carbonyl (C=O) groups is 1. The van der Waals surface area contributed by atoms with Crippen LogP contribution in [-0.2, 0) is 0 Å². The van der Waals surface area contributed by atoms with Crippen LogP contribution in [0.2, 0.25) is 0 Å². The van der Waals surface area contributed by atoms with Crippen LogP contribution in [0.5, 0.6) is 5.75 Å². The Morgan fingerprint density at radius 1 is 1.19 bits per heavy atom. The zero-order chi connectivity index (χ0) is 19.1. The zero-order valence-corrected chi connectivity index (χ0v) is 15.8. The Labute approximate surface area is 158 Å². The number of thiazole rings is 1. The number of methoxy groups -OCH3 is 1. The van der Waals surface area contributed by atoms with Crippen molar-refractivity contribution in [2.24, 2.45) is 0 Å². The molecule has 0 saturated carbocycles. The maximum Gasteiger partial charge on any atom is 0.337 e. The first-order chi connectivity index (χ1) is 13.0. The SMILES string of the molecule is COc1ccc2c(C(=O)Nc3nc4c(C)c(C)ccc4s3)cc(=O)oc2c1. The molecular weight excluding hydrogens is 364 g/mol. The summed E-state index contributed by atoms with van der Waals surface area (Å²) >= 11 is 1.39. The number of rotatable bonds is 3. The summed E-state index contributed by atoms with van der Waals surface area (Å²) in [6.45, 7) is 4.03. The Kier molecular flexibility index (Phi) is 4.16. The number of hydrogen-bond acceptors (Lipinski definition) is 6. The number of benzene rings is 2. The molecule has 2 heterocycles. The van der Waals surface area contributed by atoms with Crippen LogP contribution >= 0.6 is 11.3 Å². The van der Waals surface area contributed by atoms with Gasteiger partial charge in [0.1, 0.15) is 11.3 Å². The van der Waals surface area contributed by atoms with Crippen molar-refractivity contribution in [2.75, 3.05) is 12.4 Å². The smallest absolute Gasteiger partial charge is 0.337 e. The lowest BCUT2D eigenvalue weighted by atomic mass is 10.1. The maximum absolute atomic E-state index is 12.8. The van der Waals surface area contributed by atoms with E-state index in [-0.39, 0.29) is 5.56 Å². The van der Waals surface area contributed by atoms with Crippen molar-refractivity contribution >= 4 is 43.6 Å². The first-order valence-corrected chi connectivity index (χ1v) is 9.08. The van der Waals surface area contributed by atoms with Gasteiger partial charge < -0.3 is 9.15 Å². The van der Waals surface area contributed by atoms with Crippen molar-refractivity contribution in [2.45, 2.75) is 13.8 Å². The van der Waals surface area contributed by atoms with Gasteiger partial charge in [-0.05, 0) is 43.2 Å². The van der Waals surface area contributed by atoms with Gasteiger partial charge in [0, 0.05) is 17.5 Å². The van der Waals surface area contributed by atoms with Gasteiger partial charge in [-0.25, -0.2) is 9.78 Å². The third kappa shape index (κ3) is 3.06. The van der Waals surface area contributed by atoms with Gasteiger partial charge in [0.25, 0.3) is 5.91 Å². The highest BCUT2D eigenvalue weighted by Gasteiger charge is 2.16. The summed E-state index contributed by atoms with van der Waals surface area (Å²) in [4.78, 5) is 29.2. The lowest BCUT2D eigenvalue weighted by Crippen LogP contribution is -2.15.